The van der Waals surface area contributed by atoms with Gasteiger partial charge in [0.2, 0.25) is 0 Å². The number of piperazine rings is 1. The van der Waals surface area contributed by atoms with Crippen molar-refractivity contribution in [3.8, 4) is 5.75 Å². The number of carbonyl (C=O) groups is 2. The van der Waals surface area contributed by atoms with Gasteiger partial charge >= 0.3 is 0 Å². The first kappa shape index (κ1) is 22.3. The number of hydrogen-bond donors (Lipinski definition) is 0. The van der Waals surface area contributed by atoms with E-state index in [-0.39, 0.29) is 11.8 Å². The Labute approximate surface area is 190 Å². The molecule has 0 atom stereocenters. The van der Waals surface area contributed by atoms with E-state index in [1.165, 1.54) is 23.4 Å². The Balaban J connectivity index is 1.09. The highest BCUT2D eigenvalue weighted by Gasteiger charge is 2.34. The number of benzene rings is 2. The van der Waals surface area contributed by atoms with Crippen molar-refractivity contribution in [1.29, 1.82) is 0 Å². The molecule has 0 radical (unpaired) electrons. The zero-order chi connectivity index (χ0) is 22.3. The predicted octanol–water partition coefficient (Wildman–Crippen LogP) is 4.06. The van der Waals surface area contributed by atoms with E-state index >= 15 is 0 Å². The number of imide groups is 1. The average molecular weight is 436 g/mol. The van der Waals surface area contributed by atoms with Crippen LogP contribution in [0.3, 0.4) is 0 Å². The first-order valence-electron chi connectivity index (χ1n) is 11.7. The smallest absolute Gasteiger partial charge is 0.261 e. The van der Waals surface area contributed by atoms with Crippen LogP contribution in [0.25, 0.3) is 0 Å². The van der Waals surface area contributed by atoms with E-state index in [0.717, 1.165) is 57.7 Å². The van der Waals surface area contributed by atoms with Crippen LogP contribution in [0.5, 0.6) is 5.75 Å². The summed E-state index contributed by atoms with van der Waals surface area (Å²) in [5.41, 5.74) is 2.28. The Morgan fingerprint density at radius 2 is 1.28 bits per heavy atom. The maximum absolute atomic E-state index is 12.4. The van der Waals surface area contributed by atoms with Crippen LogP contribution in [0.15, 0.2) is 48.5 Å². The van der Waals surface area contributed by atoms with Crippen LogP contribution < -0.4 is 9.64 Å². The number of amides is 2. The third-order valence-electron chi connectivity index (χ3n) is 6.53. The van der Waals surface area contributed by atoms with Gasteiger partial charge in [0.25, 0.3) is 11.8 Å². The summed E-state index contributed by atoms with van der Waals surface area (Å²) in [5.74, 6) is 0.665. The molecule has 1 fully saturated rings. The highest BCUT2D eigenvalue weighted by Crippen LogP contribution is 2.28. The molecule has 0 N–H and O–H groups in total. The molecule has 2 aliphatic heterocycles. The Kier molecular flexibility index (Phi) is 7.43. The van der Waals surface area contributed by atoms with Gasteiger partial charge in [0.15, 0.2) is 0 Å². The largest absolute Gasteiger partial charge is 0.495 e. The monoisotopic (exact) mass is 435 g/mol. The minimum absolute atomic E-state index is 0.141. The second kappa shape index (κ2) is 10.6. The molecular weight excluding hydrogens is 402 g/mol. The zero-order valence-corrected chi connectivity index (χ0v) is 19.0. The van der Waals surface area contributed by atoms with Crippen LogP contribution in [0.2, 0.25) is 0 Å². The van der Waals surface area contributed by atoms with Crippen molar-refractivity contribution in [2.45, 2.75) is 32.1 Å². The molecular formula is C26H33N3O3. The van der Waals surface area contributed by atoms with Gasteiger partial charge in [-0.15, -0.1) is 0 Å². The van der Waals surface area contributed by atoms with Crippen LogP contribution in [0.4, 0.5) is 5.69 Å². The lowest BCUT2D eigenvalue weighted by Gasteiger charge is -2.36. The minimum Gasteiger partial charge on any atom is -0.495 e. The van der Waals surface area contributed by atoms with Crippen LogP contribution >= 0.6 is 0 Å². The molecule has 6 nitrogen and oxygen atoms in total. The molecule has 0 saturated carbocycles. The average Bonchev–Trinajstić information content (AvgIpc) is 3.08. The molecule has 170 valence electrons. The Morgan fingerprint density at radius 3 is 1.94 bits per heavy atom. The van der Waals surface area contributed by atoms with E-state index in [1.54, 1.807) is 19.2 Å². The highest BCUT2D eigenvalue weighted by molar-refractivity contribution is 6.21. The summed E-state index contributed by atoms with van der Waals surface area (Å²) in [6, 6.07) is 15.3. The summed E-state index contributed by atoms with van der Waals surface area (Å²) >= 11 is 0. The fraction of sp³-hybridized carbons (Fsp3) is 0.462. The molecule has 32 heavy (non-hydrogen) atoms. The lowest BCUT2D eigenvalue weighted by Crippen LogP contribution is -2.46. The molecule has 0 aromatic heterocycles. The number of hydrogen-bond acceptors (Lipinski definition) is 5. The van der Waals surface area contributed by atoms with E-state index in [2.05, 4.69) is 21.9 Å². The van der Waals surface area contributed by atoms with Crippen molar-refractivity contribution in [3.05, 3.63) is 59.7 Å². The topological polar surface area (TPSA) is 53.1 Å². The maximum Gasteiger partial charge on any atom is 0.261 e. The first-order valence-corrected chi connectivity index (χ1v) is 11.7. The van der Waals surface area contributed by atoms with Crippen LogP contribution in [-0.2, 0) is 0 Å². The third kappa shape index (κ3) is 4.96. The van der Waals surface area contributed by atoms with Crippen molar-refractivity contribution in [2.24, 2.45) is 0 Å². The summed E-state index contributed by atoms with van der Waals surface area (Å²) in [6.45, 7) is 5.88. The van der Waals surface area contributed by atoms with E-state index < -0.39 is 0 Å². The van der Waals surface area contributed by atoms with Gasteiger partial charge in [-0.2, -0.15) is 0 Å². The molecule has 2 heterocycles. The number of unbranched alkanes of at least 4 members (excludes halogenated alkanes) is 4. The molecule has 2 amide bonds. The molecule has 0 bridgehead atoms. The first-order chi connectivity index (χ1) is 15.7. The van der Waals surface area contributed by atoms with Crippen LogP contribution in [0, 0.1) is 0 Å². The Hall–Kier alpha value is -2.86. The van der Waals surface area contributed by atoms with Gasteiger partial charge in [-0.3, -0.25) is 19.4 Å². The van der Waals surface area contributed by atoms with Crippen molar-refractivity contribution in [2.75, 3.05) is 51.3 Å². The number of carbonyl (C=O) groups excluding carboxylic acids is 2. The highest BCUT2D eigenvalue weighted by atomic mass is 16.5. The number of anilines is 1. The van der Waals surface area contributed by atoms with Gasteiger partial charge in [0.05, 0.1) is 23.9 Å². The molecule has 2 aromatic carbocycles. The van der Waals surface area contributed by atoms with Gasteiger partial charge in [-0.25, -0.2) is 0 Å². The van der Waals surface area contributed by atoms with E-state index in [9.17, 15) is 9.59 Å². The number of ether oxygens (including phenoxy) is 1. The quantitative estimate of drug-likeness (QED) is 0.416. The number of para-hydroxylation sites is 2. The zero-order valence-electron chi connectivity index (χ0n) is 19.0. The molecule has 6 heteroatoms. The van der Waals surface area contributed by atoms with Crippen LogP contribution in [0.1, 0.15) is 52.8 Å². The standard InChI is InChI=1S/C26H33N3O3/c1-32-24-14-8-7-13-23(24)28-19-17-27(18-20-28)15-9-3-2-4-10-16-29-25(30)21-11-5-6-12-22(21)26(29)31/h5-8,11-14H,2-4,9-10,15-20H2,1H3. The fourth-order valence-electron chi connectivity index (χ4n) is 4.68. The Bertz CT molecular complexity index is 902. The van der Waals surface area contributed by atoms with E-state index in [0.29, 0.717) is 17.7 Å². The number of rotatable bonds is 10. The number of nitrogens with zero attached hydrogens (tertiary/aromatic N) is 3. The van der Waals surface area contributed by atoms with Crippen molar-refractivity contribution >= 4 is 17.5 Å². The molecule has 0 unspecified atom stereocenters. The van der Waals surface area contributed by atoms with Crippen molar-refractivity contribution in [1.82, 2.24) is 9.80 Å². The fourth-order valence-corrected chi connectivity index (χ4v) is 4.68. The maximum atomic E-state index is 12.4. The SMILES string of the molecule is COc1ccccc1N1CCN(CCCCCCCN2C(=O)c3ccccc3C2=O)CC1. The van der Waals surface area contributed by atoms with Crippen molar-refractivity contribution < 1.29 is 14.3 Å². The van der Waals surface area contributed by atoms with Gasteiger partial charge in [-0.1, -0.05) is 43.5 Å². The molecule has 0 aliphatic carbocycles. The van der Waals surface area contributed by atoms with Crippen molar-refractivity contribution in [3.63, 3.8) is 0 Å². The van der Waals surface area contributed by atoms with Gasteiger partial charge < -0.3 is 9.64 Å². The van der Waals surface area contributed by atoms with Gasteiger partial charge in [-0.05, 0) is 43.7 Å². The van der Waals surface area contributed by atoms with E-state index in [1.807, 2.05) is 24.3 Å². The summed E-state index contributed by atoms with van der Waals surface area (Å²) in [4.78, 5) is 31.1. The van der Waals surface area contributed by atoms with E-state index in [4.69, 9.17) is 4.74 Å². The van der Waals surface area contributed by atoms with Crippen LogP contribution in [-0.4, -0.2) is 68.0 Å². The lowest BCUT2D eigenvalue weighted by molar-refractivity contribution is 0.0651. The number of methoxy groups -OCH3 is 1. The Morgan fingerprint density at radius 1 is 0.719 bits per heavy atom. The normalized spacial score (nSPS) is 16.5. The summed E-state index contributed by atoms with van der Waals surface area (Å²) in [7, 11) is 1.73. The molecule has 4 rings (SSSR count). The van der Waals surface area contributed by atoms with Gasteiger partial charge in [0.1, 0.15) is 5.75 Å². The minimum atomic E-state index is -0.141. The molecule has 2 aliphatic rings. The van der Waals surface area contributed by atoms with Gasteiger partial charge in [0, 0.05) is 32.7 Å². The molecule has 1 saturated heterocycles. The second-order valence-corrected chi connectivity index (χ2v) is 8.58. The summed E-state index contributed by atoms with van der Waals surface area (Å²) in [5, 5.41) is 0. The molecule has 0 spiro atoms. The summed E-state index contributed by atoms with van der Waals surface area (Å²) < 4.78 is 5.50. The predicted molar refractivity (Wildman–Crippen MR) is 127 cm³/mol. The third-order valence-corrected chi connectivity index (χ3v) is 6.53. The number of fused-ring (bicyclic) bond motifs is 1. The lowest BCUT2D eigenvalue weighted by atomic mass is 10.1. The summed E-state index contributed by atoms with van der Waals surface area (Å²) in [6.07, 6.45) is 5.46. The molecule has 2 aromatic rings. The second-order valence-electron chi connectivity index (χ2n) is 8.58.